The van der Waals surface area contributed by atoms with Crippen LogP contribution in [0.5, 0.6) is 0 Å². The first-order valence-electron chi connectivity index (χ1n) is 17.5. The number of fused-ring (bicyclic) bond motifs is 12. The maximum absolute atomic E-state index is 4.64. The minimum atomic E-state index is -0.666. The largest absolute Gasteiger partial charge is 0.308 e. The van der Waals surface area contributed by atoms with Gasteiger partial charge in [-0.15, -0.1) is 0 Å². The molecule has 12 rings (SSSR count). The van der Waals surface area contributed by atoms with Gasteiger partial charge in [0, 0.05) is 67.9 Å². The first kappa shape index (κ1) is 27.1. The molecular weight excluding hydrogens is 621 g/mol. The molecule has 51 heavy (non-hydrogen) atoms. The molecule has 0 amide bonds. The Bertz CT molecular complexity index is 2910. The summed E-state index contributed by atoms with van der Waals surface area (Å²) in [7, 11) is 0. The summed E-state index contributed by atoms with van der Waals surface area (Å²) in [5.74, 6) is 0. The molecule has 4 heteroatoms. The van der Waals surface area contributed by atoms with Gasteiger partial charge in [0.2, 0.25) is 0 Å². The summed E-state index contributed by atoms with van der Waals surface area (Å²) in [6, 6.07) is 54.0. The van der Waals surface area contributed by atoms with Crippen molar-refractivity contribution in [1.82, 2.24) is 18.8 Å². The Labute approximate surface area is 292 Å². The van der Waals surface area contributed by atoms with Crippen LogP contribution in [-0.2, 0) is 5.41 Å². The molecule has 6 aromatic heterocycles. The highest BCUT2D eigenvalue weighted by Crippen LogP contribution is 2.51. The number of nitrogens with zero attached hydrogens (tertiary/aromatic N) is 4. The van der Waals surface area contributed by atoms with Crippen LogP contribution in [0.15, 0.2) is 170 Å². The Balaban J connectivity index is 1.33. The molecule has 0 aliphatic rings. The van der Waals surface area contributed by atoms with E-state index >= 15 is 0 Å². The maximum atomic E-state index is 4.64. The van der Waals surface area contributed by atoms with Crippen molar-refractivity contribution in [2.24, 2.45) is 0 Å². The van der Waals surface area contributed by atoms with E-state index in [9.17, 15) is 0 Å². The first-order chi connectivity index (χ1) is 25.3. The Morgan fingerprint density at radius 1 is 0.333 bits per heavy atom. The maximum Gasteiger partial charge on any atom is 0.0702 e. The molecule has 236 valence electrons. The SMILES string of the molecule is c1ccc(C(c2ccccc2)(c2cc3c4ccccc4n4c5ccncc5c(c2)c34)c2cc3c4ccccc4n4c5ccncc5c(c2)c34)cc1. The van der Waals surface area contributed by atoms with Gasteiger partial charge in [0.1, 0.15) is 0 Å². The van der Waals surface area contributed by atoms with Gasteiger partial charge >= 0.3 is 0 Å². The van der Waals surface area contributed by atoms with Gasteiger partial charge in [-0.2, -0.15) is 0 Å². The van der Waals surface area contributed by atoms with Crippen LogP contribution < -0.4 is 0 Å². The van der Waals surface area contributed by atoms with Gasteiger partial charge in [0.05, 0.1) is 38.5 Å². The van der Waals surface area contributed by atoms with Crippen molar-refractivity contribution >= 4 is 76.2 Å². The molecule has 0 saturated carbocycles. The molecule has 0 aliphatic heterocycles. The molecule has 0 radical (unpaired) electrons. The van der Waals surface area contributed by atoms with Crippen molar-refractivity contribution in [3.05, 3.63) is 193 Å². The van der Waals surface area contributed by atoms with Crippen molar-refractivity contribution in [2.45, 2.75) is 5.41 Å². The zero-order valence-corrected chi connectivity index (χ0v) is 27.5. The summed E-state index contributed by atoms with van der Waals surface area (Å²) >= 11 is 0. The van der Waals surface area contributed by atoms with Crippen molar-refractivity contribution in [3.8, 4) is 0 Å². The second-order valence-corrected chi connectivity index (χ2v) is 13.8. The van der Waals surface area contributed by atoms with E-state index in [2.05, 4.69) is 164 Å². The van der Waals surface area contributed by atoms with Crippen molar-refractivity contribution in [2.75, 3.05) is 0 Å². The minimum absolute atomic E-state index is 0.666. The number of benzene rings is 6. The highest BCUT2D eigenvalue weighted by Gasteiger charge is 2.40. The molecular formula is C47H28N4. The van der Waals surface area contributed by atoms with Crippen LogP contribution in [0.25, 0.3) is 76.2 Å². The molecule has 6 aromatic carbocycles. The second kappa shape index (κ2) is 9.68. The number of hydrogen-bond acceptors (Lipinski definition) is 2. The van der Waals surface area contributed by atoms with Gasteiger partial charge in [0.25, 0.3) is 0 Å². The van der Waals surface area contributed by atoms with Gasteiger partial charge in [-0.1, -0.05) is 97.1 Å². The molecule has 0 bridgehead atoms. The quantitative estimate of drug-likeness (QED) is 0.178. The summed E-state index contributed by atoms with van der Waals surface area (Å²) in [6.07, 6.45) is 7.89. The molecule has 0 saturated heterocycles. The fourth-order valence-electron chi connectivity index (χ4n) is 9.49. The van der Waals surface area contributed by atoms with Gasteiger partial charge in [-0.25, -0.2) is 0 Å². The fraction of sp³-hybridized carbons (Fsp3) is 0.0213. The van der Waals surface area contributed by atoms with Crippen LogP contribution in [0.4, 0.5) is 0 Å². The standard InChI is InChI=1S/C47H28N4/c1-3-11-29(12-4-1)47(30-13-5-2-6-14-30,31-23-35-33-15-7-9-17-41(33)50-43-19-21-48-27-39(43)37(25-31)45(35)50)32-24-36-34-16-8-10-18-42(34)51-44-20-22-49-28-40(44)38(26-32)46(36)51/h1-28H. The molecule has 6 heterocycles. The van der Waals surface area contributed by atoms with E-state index in [1.807, 2.05) is 24.8 Å². The highest BCUT2D eigenvalue weighted by atomic mass is 14.9. The highest BCUT2D eigenvalue weighted by molar-refractivity contribution is 6.25. The summed E-state index contributed by atoms with van der Waals surface area (Å²) < 4.78 is 4.86. The summed E-state index contributed by atoms with van der Waals surface area (Å²) in [4.78, 5) is 9.28. The smallest absolute Gasteiger partial charge is 0.0702 e. The summed E-state index contributed by atoms with van der Waals surface area (Å²) in [5, 5.41) is 9.78. The lowest BCUT2D eigenvalue weighted by Gasteiger charge is -2.37. The Morgan fingerprint density at radius 2 is 0.706 bits per heavy atom. The normalized spacial score (nSPS) is 12.7. The lowest BCUT2D eigenvalue weighted by molar-refractivity contribution is 0.750. The third-order valence-corrected chi connectivity index (χ3v) is 11.5. The van der Waals surface area contributed by atoms with E-state index in [0.717, 1.165) is 10.8 Å². The van der Waals surface area contributed by atoms with Crippen molar-refractivity contribution in [1.29, 1.82) is 0 Å². The average Bonchev–Trinajstić information content (AvgIpc) is 3.93. The average molecular weight is 649 g/mol. The third kappa shape index (κ3) is 3.30. The van der Waals surface area contributed by atoms with E-state index in [1.54, 1.807) is 0 Å². The molecule has 12 aromatic rings. The summed E-state index contributed by atoms with van der Waals surface area (Å²) in [6.45, 7) is 0. The molecule has 0 atom stereocenters. The minimum Gasteiger partial charge on any atom is -0.308 e. The van der Waals surface area contributed by atoms with E-state index in [1.165, 1.54) is 87.7 Å². The zero-order valence-electron chi connectivity index (χ0n) is 27.5. The lowest BCUT2D eigenvalue weighted by atomic mass is 9.64. The van der Waals surface area contributed by atoms with E-state index in [4.69, 9.17) is 0 Å². The Hall–Kier alpha value is -6.78. The zero-order chi connectivity index (χ0) is 33.3. The molecule has 0 spiro atoms. The van der Waals surface area contributed by atoms with E-state index in [-0.39, 0.29) is 0 Å². The Morgan fingerprint density at radius 3 is 1.16 bits per heavy atom. The van der Waals surface area contributed by atoms with Crippen LogP contribution in [0.2, 0.25) is 0 Å². The number of pyridine rings is 2. The fourth-order valence-corrected chi connectivity index (χ4v) is 9.49. The summed E-state index contributed by atoms with van der Waals surface area (Å²) in [5.41, 5.74) is 11.5. The third-order valence-electron chi connectivity index (χ3n) is 11.5. The van der Waals surface area contributed by atoms with Gasteiger partial charge < -0.3 is 8.80 Å². The van der Waals surface area contributed by atoms with Gasteiger partial charge in [0.15, 0.2) is 0 Å². The number of rotatable bonds is 4. The number of aromatic nitrogens is 4. The molecule has 0 fully saturated rings. The van der Waals surface area contributed by atoms with Gasteiger partial charge in [-0.3, -0.25) is 9.97 Å². The molecule has 4 nitrogen and oxygen atoms in total. The van der Waals surface area contributed by atoms with E-state index < -0.39 is 5.41 Å². The van der Waals surface area contributed by atoms with Crippen molar-refractivity contribution in [3.63, 3.8) is 0 Å². The first-order valence-corrected chi connectivity index (χ1v) is 17.5. The van der Waals surface area contributed by atoms with Crippen LogP contribution in [0.1, 0.15) is 22.3 Å². The molecule has 0 N–H and O–H groups in total. The van der Waals surface area contributed by atoms with Crippen LogP contribution in [-0.4, -0.2) is 18.8 Å². The molecule has 0 unspecified atom stereocenters. The number of hydrogen-bond donors (Lipinski definition) is 0. The van der Waals surface area contributed by atoms with Gasteiger partial charge in [-0.05, 0) is 70.8 Å². The van der Waals surface area contributed by atoms with Crippen LogP contribution >= 0.6 is 0 Å². The lowest BCUT2D eigenvalue weighted by Crippen LogP contribution is -2.31. The van der Waals surface area contributed by atoms with E-state index in [0.29, 0.717) is 0 Å². The monoisotopic (exact) mass is 648 g/mol. The number of para-hydroxylation sites is 2. The van der Waals surface area contributed by atoms with Crippen LogP contribution in [0, 0.1) is 0 Å². The Kier molecular flexibility index (Phi) is 5.14. The van der Waals surface area contributed by atoms with Crippen LogP contribution in [0.3, 0.4) is 0 Å². The van der Waals surface area contributed by atoms with Crippen molar-refractivity contribution < 1.29 is 0 Å². The molecule has 0 aliphatic carbocycles. The predicted molar refractivity (Wildman–Crippen MR) is 210 cm³/mol. The topological polar surface area (TPSA) is 34.6 Å². The predicted octanol–water partition coefficient (Wildman–Crippen LogP) is 11.2. The second-order valence-electron chi connectivity index (χ2n) is 13.8.